The van der Waals surface area contributed by atoms with Crippen LogP contribution in [0.5, 0.6) is 0 Å². The maximum atomic E-state index is 13.1. The number of Topliss-reactive ketones (excluding diaryl/α,β-unsaturated/α-hetero) is 1. The van der Waals surface area contributed by atoms with Crippen molar-refractivity contribution >= 4 is 17.7 Å². The summed E-state index contributed by atoms with van der Waals surface area (Å²) in [7, 11) is 1.99. The first-order valence-corrected chi connectivity index (χ1v) is 9.82. The molecule has 0 bridgehead atoms. The molecule has 1 aliphatic heterocycles. The van der Waals surface area contributed by atoms with E-state index in [4.69, 9.17) is 4.74 Å². The smallest absolute Gasteiger partial charge is 0.340 e. The standard InChI is InChI=1S/C22H27N3O4/c1-5-29-22(28)17-15(3)23-19(18(17)16-8-6-14(2)7-9-16)20(26)21(27)25-12-10-24(4)11-13-25/h6-9,23H,5,10-13H2,1-4H3. The summed E-state index contributed by atoms with van der Waals surface area (Å²) in [6.45, 7) is 8.08. The molecule has 1 fully saturated rings. The number of piperazine rings is 1. The minimum Gasteiger partial charge on any atom is -0.462 e. The number of hydrogen-bond acceptors (Lipinski definition) is 5. The quantitative estimate of drug-likeness (QED) is 0.476. The number of nitrogens with one attached hydrogen (secondary N) is 1. The monoisotopic (exact) mass is 397 g/mol. The van der Waals surface area contributed by atoms with Crippen LogP contribution in [0.3, 0.4) is 0 Å². The van der Waals surface area contributed by atoms with Crippen molar-refractivity contribution in [1.82, 2.24) is 14.8 Å². The van der Waals surface area contributed by atoms with Crippen molar-refractivity contribution in [3.63, 3.8) is 0 Å². The van der Waals surface area contributed by atoms with Crippen LogP contribution < -0.4 is 0 Å². The summed E-state index contributed by atoms with van der Waals surface area (Å²) < 4.78 is 5.21. The second-order valence-electron chi connectivity index (χ2n) is 7.39. The van der Waals surface area contributed by atoms with Gasteiger partial charge in [0.1, 0.15) is 5.69 Å². The highest BCUT2D eigenvalue weighted by Gasteiger charge is 2.32. The van der Waals surface area contributed by atoms with Gasteiger partial charge >= 0.3 is 5.97 Å². The molecule has 0 radical (unpaired) electrons. The third-order valence-corrected chi connectivity index (χ3v) is 5.22. The number of H-pyrrole nitrogens is 1. The molecule has 0 atom stereocenters. The Bertz CT molecular complexity index is 922. The summed E-state index contributed by atoms with van der Waals surface area (Å²) in [5, 5.41) is 0. The summed E-state index contributed by atoms with van der Waals surface area (Å²) in [4.78, 5) is 45.3. The molecule has 0 spiro atoms. The van der Waals surface area contributed by atoms with E-state index in [1.54, 1.807) is 18.7 Å². The van der Waals surface area contributed by atoms with Gasteiger partial charge in [-0.2, -0.15) is 0 Å². The van der Waals surface area contributed by atoms with Gasteiger partial charge in [0.2, 0.25) is 0 Å². The van der Waals surface area contributed by atoms with Crippen molar-refractivity contribution in [2.75, 3.05) is 39.8 Å². The number of carbonyl (C=O) groups excluding carboxylic acids is 3. The van der Waals surface area contributed by atoms with E-state index in [1.165, 1.54) is 0 Å². The Morgan fingerprint density at radius 2 is 1.66 bits per heavy atom. The first-order chi connectivity index (χ1) is 13.8. The Labute approximate surface area is 170 Å². The van der Waals surface area contributed by atoms with E-state index in [0.717, 1.165) is 18.7 Å². The fourth-order valence-electron chi connectivity index (χ4n) is 3.52. The first-order valence-electron chi connectivity index (χ1n) is 9.82. The molecule has 0 saturated carbocycles. The van der Waals surface area contributed by atoms with Crippen LogP contribution in [0, 0.1) is 13.8 Å². The van der Waals surface area contributed by atoms with Crippen LogP contribution in [0.15, 0.2) is 24.3 Å². The summed E-state index contributed by atoms with van der Waals surface area (Å²) in [5.41, 5.74) is 3.11. The third kappa shape index (κ3) is 4.24. The largest absolute Gasteiger partial charge is 0.462 e. The Morgan fingerprint density at radius 3 is 2.24 bits per heavy atom. The number of benzene rings is 1. The Morgan fingerprint density at radius 1 is 1.03 bits per heavy atom. The molecule has 3 rings (SSSR count). The van der Waals surface area contributed by atoms with Crippen LogP contribution in [0.1, 0.15) is 39.0 Å². The van der Waals surface area contributed by atoms with Gasteiger partial charge in [0.05, 0.1) is 12.2 Å². The van der Waals surface area contributed by atoms with Crippen LogP contribution in [-0.4, -0.2) is 72.3 Å². The molecule has 2 heterocycles. The van der Waals surface area contributed by atoms with Gasteiger partial charge < -0.3 is 19.5 Å². The number of amides is 1. The van der Waals surface area contributed by atoms with E-state index in [-0.39, 0.29) is 12.3 Å². The van der Waals surface area contributed by atoms with Crippen molar-refractivity contribution in [2.24, 2.45) is 0 Å². The zero-order valence-corrected chi connectivity index (χ0v) is 17.4. The average Bonchev–Trinajstić information content (AvgIpc) is 3.05. The van der Waals surface area contributed by atoms with Gasteiger partial charge in [-0.3, -0.25) is 9.59 Å². The van der Waals surface area contributed by atoms with Gasteiger partial charge in [0.25, 0.3) is 11.7 Å². The fourth-order valence-corrected chi connectivity index (χ4v) is 3.52. The normalized spacial score (nSPS) is 14.7. The van der Waals surface area contributed by atoms with Crippen molar-refractivity contribution in [1.29, 1.82) is 0 Å². The number of nitrogens with zero attached hydrogens (tertiary/aromatic N) is 2. The van der Waals surface area contributed by atoms with Crippen LogP contribution in [0.2, 0.25) is 0 Å². The molecule has 2 aromatic rings. The molecule has 7 heteroatoms. The molecule has 1 saturated heterocycles. The predicted molar refractivity (Wildman–Crippen MR) is 110 cm³/mol. The molecule has 7 nitrogen and oxygen atoms in total. The highest BCUT2D eigenvalue weighted by atomic mass is 16.5. The first kappa shape index (κ1) is 20.8. The van der Waals surface area contributed by atoms with Gasteiger partial charge in [-0.05, 0) is 33.4 Å². The van der Waals surface area contributed by atoms with Crippen LogP contribution in [-0.2, 0) is 9.53 Å². The van der Waals surface area contributed by atoms with Crippen LogP contribution in [0.25, 0.3) is 11.1 Å². The van der Waals surface area contributed by atoms with Crippen molar-refractivity contribution in [2.45, 2.75) is 20.8 Å². The molecule has 0 aliphatic carbocycles. The third-order valence-electron chi connectivity index (χ3n) is 5.22. The van der Waals surface area contributed by atoms with E-state index < -0.39 is 17.7 Å². The number of ketones is 1. The minimum absolute atomic E-state index is 0.137. The maximum absolute atomic E-state index is 13.1. The Kier molecular flexibility index (Phi) is 6.17. The number of likely N-dealkylation sites (N-methyl/N-ethyl adjacent to an activating group) is 1. The Hall–Kier alpha value is -2.93. The number of hydrogen-bond donors (Lipinski definition) is 1. The highest BCUT2D eigenvalue weighted by Crippen LogP contribution is 2.32. The molecule has 0 unspecified atom stereocenters. The number of rotatable bonds is 5. The lowest BCUT2D eigenvalue weighted by molar-refractivity contribution is -0.127. The number of esters is 1. The van der Waals surface area contributed by atoms with Crippen LogP contribution >= 0.6 is 0 Å². The van der Waals surface area contributed by atoms with Gasteiger partial charge in [-0.15, -0.1) is 0 Å². The molecule has 1 N–H and O–H groups in total. The van der Waals surface area contributed by atoms with E-state index in [0.29, 0.717) is 35.5 Å². The van der Waals surface area contributed by atoms with Gasteiger partial charge in [-0.1, -0.05) is 29.8 Å². The lowest BCUT2D eigenvalue weighted by Gasteiger charge is -2.31. The van der Waals surface area contributed by atoms with Gasteiger partial charge in [-0.25, -0.2) is 4.79 Å². The molecule has 154 valence electrons. The number of aromatic amines is 1. The zero-order valence-electron chi connectivity index (χ0n) is 17.4. The van der Waals surface area contributed by atoms with Crippen molar-refractivity contribution in [3.05, 3.63) is 46.8 Å². The molecule has 1 aromatic carbocycles. The molecule has 1 aliphatic rings. The van der Waals surface area contributed by atoms with E-state index in [2.05, 4.69) is 9.88 Å². The van der Waals surface area contributed by atoms with Crippen LogP contribution in [0.4, 0.5) is 0 Å². The lowest BCUT2D eigenvalue weighted by Crippen LogP contribution is -2.49. The van der Waals surface area contributed by atoms with Crippen molar-refractivity contribution in [3.8, 4) is 11.1 Å². The molecule has 1 amide bonds. The molecular formula is C22H27N3O4. The SMILES string of the molecule is CCOC(=O)c1c(C)[nH]c(C(=O)C(=O)N2CCN(C)CC2)c1-c1ccc(C)cc1. The average molecular weight is 397 g/mol. The second kappa shape index (κ2) is 8.61. The topological polar surface area (TPSA) is 82.7 Å². The maximum Gasteiger partial charge on any atom is 0.340 e. The van der Waals surface area contributed by atoms with E-state index >= 15 is 0 Å². The minimum atomic E-state index is -0.635. The fraction of sp³-hybridized carbons (Fsp3) is 0.409. The lowest BCUT2D eigenvalue weighted by atomic mass is 9.97. The zero-order chi connectivity index (χ0) is 21.1. The molecular weight excluding hydrogens is 370 g/mol. The number of aryl methyl sites for hydroxylation is 2. The molecule has 29 heavy (non-hydrogen) atoms. The summed E-state index contributed by atoms with van der Waals surface area (Å²) in [6, 6.07) is 7.50. The van der Waals surface area contributed by atoms with E-state index in [1.807, 2.05) is 38.2 Å². The summed E-state index contributed by atoms with van der Waals surface area (Å²) in [6.07, 6.45) is 0. The summed E-state index contributed by atoms with van der Waals surface area (Å²) in [5.74, 6) is -1.70. The van der Waals surface area contributed by atoms with Crippen molar-refractivity contribution < 1.29 is 19.1 Å². The second-order valence-corrected chi connectivity index (χ2v) is 7.39. The molecule has 1 aromatic heterocycles. The Balaban J connectivity index is 2.04. The predicted octanol–water partition coefficient (Wildman–Crippen LogP) is 2.43. The summed E-state index contributed by atoms with van der Waals surface area (Å²) >= 11 is 0. The van der Waals surface area contributed by atoms with Gasteiger partial charge in [0.15, 0.2) is 0 Å². The highest BCUT2D eigenvalue weighted by molar-refractivity contribution is 6.43. The number of ether oxygens (including phenoxy) is 1. The van der Waals surface area contributed by atoms with E-state index in [9.17, 15) is 14.4 Å². The van der Waals surface area contributed by atoms with Gasteiger partial charge in [0, 0.05) is 37.4 Å². The number of aromatic nitrogens is 1. The number of carbonyl (C=O) groups is 3.